The predicted octanol–water partition coefficient (Wildman–Crippen LogP) is 3.80. The molecule has 1 aromatic heterocycles. The van der Waals surface area contributed by atoms with Crippen LogP contribution in [0.3, 0.4) is 0 Å². The molecular formula is C23H25FN2O3. The first-order valence-electron chi connectivity index (χ1n) is 10.1. The minimum Gasteiger partial charge on any atom is -0.349 e. The van der Waals surface area contributed by atoms with Gasteiger partial charge in [-0.25, -0.2) is 4.39 Å². The van der Waals surface area contributed by atoms with Crippen molar-refractivity contribution in [2.24, 2.45) is 5.41 Å². The topological polar surface area (TPSA) is 68.2 Å². The van der Waals surface area contributed by atoms with Gasteiger partial charge in [-0.15, -0.1) is 0 Å². The second kappa shape index (κ2) is 7.25. The Morgan fingerprint density at radius 3 is 2.41 bits per heavy atom. The minimum atomic E-state index is -0.476. The number of nitrogens with one attached hydrogen (secondary N) is 1. The number of ketones is 1. The molecule has 1 aromatic carbocycles. The molecule has 152 valence electrons. The first-order valence-corrected chi connectivity index (χ1v) is 10.1. The molecule has 2 aromatic rings. The van der Waals surface area contributed by atoms with E-state index in [2.05, 4.69) is 5.32 Å². The molecule has 0 atom stereocenters. The molecule has 0 radical (unpaired) electrons. The third kappa shape index (κ3) is 3.76. The third-order valence-electron chi connectivity index (χ3n) is 5.93. The van der Waals surface area contributed by atoms with Gasteiger partial charge in [0.2, 0.25) is 0 Å². The van der Waals surface area contributed by atoms with Crippen LogP contribution in [0.4, 0.5) is 4.39 Å². The quantitative estimate of drug-likeness (QED) is 0.858. The average Bonchev–Trinajstić information content (AvgIpc) is 3.14. The molecule has 0 aliphatic heterocycles. The normalized spacial score (nSPS) is 18.5. The number of Topliss-reactive ketones (excluding diaryl/α,β-unsaturated/α-hetero) is 1. The van der Waals surface area contributed by atoms with Gasteiger partial charge in [0.1, 0.15) is 11.4 Å². The van der Waals surface area contributed by atoms with Gasteiger partial charge in [0.05, 0.1) is 0 Å². The van der Waals surface area contributed by atoms with Gasteiger partial charge in [-0.3, -0.25) is 19.0 Å². The largest absolute Gasteiger partial charge is 0.349 e. The van der Waals surface area contributed by atoms with Crippen molar-refractivity contribution in [1.29, 1.82) is 0 Å². The summed E-state index contributed by atoms with van der Waals surface area (Å²) in [7, 11) is 0. The van der Waals surface area contributed by atoms with Gasteiger partial charge in [0.25, 0.3) is 11.5 Å². The van der Waals surface area contributed by atoms with Crippen molar-refractivity contribution in [3.8, 4) is 5.69 Å². The van der Waals surface area contributed by atoms with Crippen molar-refractivity contribution in [2.75, 3.05) is 0 Å². The summed E-state index contributed by atoms with van der Waals surface area (Å²) in [6.45, 7) is 3.94. The number of amides is 1. The monoisotopic (exact) mass is 396 g/mol. The number of aromatic nitrogens is 1. The highest BCUT2D eigenvalue weighted by atomic mass is 19.1. The smallest absolute Gasteiger partial charge is 0.268 e. The first kappa shape index (κ1) is 19.6. The summed E-state index contributed by atoms with van der Waals surface area (Å²) in [6.07, 6.45) is 6.27. The van der Waals surface area contributed by atoms with Gasteiger partial charge in [-0.2, -0.15) is 0 Å². The summed E-state index contributed by atoms with van der Waals surface area (Å²) in [6, 6.07) is 5.51. The molecule has 1 fully saturated rings. The Balaban J connectivity index is 1.88. The molecule has 1 N–H and O–H groups in total. The number of nitrogens with zero attached hydrogens (tertiary/aromatic N) is 1. The van der Waals surface area contributed by atoms with E-state index in [0.717, 1.165) is 25.7 Å². The number of pyridine rings is 1. The number of carbonyl (C=O) groups is 2. The Labute approximate surface area is 168 Å². The Morgan fingerprint density at radius 1 is 1.10 bits per heavy atom. The number of halogens is 1. The van der Waals surface area contributed by atoms with E-state index in [1.807, 2.05) is 13.8 Å². The molecule has 0 spiro atoms. The summed E-state index contributed by atoms with van der Waals surface area (Å²) in [4.78, 5) is 39.4. The molecule has 4 rings (SSSR count). The molecule has 2 aliphatic rings. The molecule has 6 heteroatoms. The highest BCUT2D eigenvalue weighted by Gasteiger charge is 2.36. The molecule has 0 unspecified atom stereocenters. The van der Waals surface area contributed by atoms with Crippen molar-refractivity contribution in [2.45, 2.75) is 58.4 Å². The molecule has 2 aliphatic carbocycles. The van der Waals surface area contributed by atoms with Crippen LogP contribution in [0.25, 0.3) is 5.69 Å². The number of rotatable bonds is 3. The van der Waals surface area contributed by atoms with Gasteiger partial charge in [-0.05, 0) is 54.5 Å². The standard InChI is InChI=1S/C23H25FN2O3/c1-23(2)11-17-18(19(27)12-23)13-26(16-9-7-14(24)8-10-16)22(29)20(17)21(28)25-15-5-3-4-6-15/h7-10,13,15H,3-6,11-12H2,1-2H3,(H,25,28). The minimum absolute atomic E-state index is 0.0415. The molecule has 29 heavy (non-hydrogen) atoms. The van der Waals surface area contributed by atoms with E-state index >= 15 is 0 Å². The van der Waals surface area contributed by atoms with Crippen LogP contribution < -0.4 is 10.9 Å². The Hall–Kier alpha value is -2.76. The average molecular weight is 396 g/mol. The van der Waals surface area contributed by atoms with E-state index in [0.29, 0.717) is 29.7 Å². The Bertz CT molecular complexity index is 1030. The lowest BCUT2D eigenvalue weighted by molar-refractivity contribution is 0.0907. The molecule has 0 bridgehead atoms. The maximum atomic E-state index is 13.4. The van der Waals surface area contributed by atoms with E-state index < -0.39 is 17.3 Å². The van der Waals surface area contributed by atoms with Gasteiger partial charge in [0.15, 0.2) is 5.78 Å². The number of benzene rings is 1. The molecule has 5 nitrogen and oxygen atoms in total. The van der Waals surface area contributed by atoms with E-state index in [1.165, 1.54) is 35.0 Å². The van der Waals surface area contributed by atoms with Crippen molar-refractivity contribution in [1.82, 2.24) is 9.88 Å². The second-order valence-electron chi connectivity index (χ2n) is 8.94. The van der Waals surface area contributed by atoms with Crippen LogP contribution in [-0.2, 0) is 6.42 Å². The van der Waals surface area contributed by atoms with Crippen LogP contribution in [0.2, 0.25) is 0 Å². The van der Waals surface area contributed by atoms with Crippen LogP contribution in [0, 0.1) is 11.2 Å². The van der Waals surface area contributed by atoms with Gasteiger partial charge in [-0.1, -0.05) is 26.7 Å². The van der Waals surface area contributed by atoms with Crippen molar-refractivity contribution < 1.29 is 14.0 Å². The van der Waals surface area contributed by atoms with Crippen LogP contribution in [-0.4, -0.2) is 22.3 Å². The van der Waals surface area contributed by atoms with E-state index in [1.54, 1.807) is 0 Å². The lowest BCUT2D eigenvalue weighted by Crippen LogP contribution is -2.41. The number of hydrogen-bond acceptors (Lipinski definition) is 3. The van der Waals surface area contributed by atoms with Crippen LogP contribution in [0.1, 0.15) is 72.2 Å². The number of fused-ring (bicyclic) bond motifs is 1. The highest BCUT2D eigenvalue weighted by molar-refractivity contribution is 6.04. The van der Waals surface area contributed by atoms with Gasteiger partial charge >= 0.3 is 0 Å². The summed E-state index contributed by atoms with van der Waals surface area (Å²) in [5, 5.41) is 2.99. The highest BCUT2D eigenvalue weighted by Crippen LogP contribution is 2.36. The number of carbonyl (C=O) groups excluding carboxylic acids is 2. The molecule has 1 saturated carbocycles. The van der Waals surface area contributed by atoms with Gasteiger partial charge < -0.3 is 5.32 Å². The van der Waals surface area contributed by atoms with Crippen LogP contribution in [0.5, 0.6) is 0 Å². The zero-order chi connectivity index (χ0) is 20.8. The lowest BCUT2D eigenvalue weighted by Gasteiger charge is -2.31. The zero-order valence-corrected chi connectivity index (χ0v) is 16.8. The molecule has 1 amide bonds. The summed E-state index contributed by atoms with van der Waals surface area (Å²) >= 11 is 0. The maximum Gasteiger partial charge on any atom is 0.268 e. The Kier molecular flexibility index (Phi) is 4.89. The van der Waals surface area contributed by atoms with Crippen molar-refractivity contribution in [3.05, 3.63) is 63.3 Å². The van der Waals surface area contributed by atoms with E-state index in [-0.39, 0.29) is 22.8 Å². The summed E-state index contributed by atoms with van der Waals surface area (Å²) in [5.41, 5.74) is 0.610. The predicted molar refractivity (Wildman–Crippen MR) is 108 cm³/mol. The zero-order valence-electron chi connectivity index (χ0n) is 16.8. The van der Waals surface area contributed by atoms with E-state index in [9.17, 15) is 18.8 Å². The van der Waals surface area contributed by atoms with Crippen molar-refractivity contribution in [3.63, 3.8) is 0 Å². The fourth-order valence-electron chi connectivity index (χ4n) is 4.50. The van der Waals surface area contributed by atoms with Gasteiger partial charge in [0, 0.05) is 29.9 Å². The molecular weight excluding hydrogens is 371 g/mol. The molecule has 0 saturated heterocycles. The molecule has 1 heterocycles. The lowest BCUT2D eigenvalue weighted by atomic mass is 9.73. The second-order valence-corrected chi connectivity index (χ2v) is 8.94. The van der Waals surface area contributed by atoms with Crippen LogP contribution in [0.15, 0.2) is 35.3 Å². The van der Waals surface area contributed by atoms with E-state index in [4.69, 9.17) is 0 Å². The van der Waals surface area contributed by atoms with Crippen LogP contribution >= 0.6 is 0 Å². The SMILES string of the molecule is CC1(C)CC(=O)c2cn(-c3ccc(F)cc3)c(=O)c(C(=O)NC3CCCC3)c2C1. The fraction of sp³-hybridized carbons (Fsp3) is 0.435. The first-order chi connectivity index (χ1) is 13.7. The fourth-order valence-corrected chi connectivity index (χ4v) is 4.50. The Morgan fingerprint density at radius 2 is 1.76 bits per heavy atom. The summed E-state index contributed by atoms with van der Waals surface area (Å²) in [5.74, 6) is -0.918. The maximum absolute atomic E-state index is 13.4. The third-order valence-corrected chi connectivity index (χ3v) is 5.93. The van der Waals surface area contributed by atoms with Crippen molar-refractivity contribution >= 4 is 11.7 Å². The number of hydrogen-bond donors (Lipinski definition) is 1. The summed E-state index contributed by atoms with van der Waals surface area (Å²) < 4.78 is 14.6.